The number of hydrogen-bond donors (Lipinski definition) is 2. The Labute approximate surface area is 292 Å². The Hall–Kier alpha value is -4.94. The van der Waals surface area contributed by atoms with Crippen molar-refractivity contribution in [2.45, 2.75) is 44.6 Å². The molecule has 0 unspecified atom stereocenters. The number of halogens is 5. The maximum atomic E-state index is 14.1. The van der Waals surface area contributed by atoms with Crippen molar-refractivity contribution >= 4 is 5.91 Å². The van der Waals surface area contributed by atoms with Gasteiger partial charge in [-0.2, -0.15) is 0 Å². The summed E-state index contributed by atoms with van der Waals surface area (Å²) in [6.45, 7) is 1.16. The Morgan fingerprint density at radius 1 is 0.725 bits per heavy atom. The molecule has 1 saturated heterocycles. The van der Waals surface area contributed by atoms with E-state index in [1.165, 1.54) is 5.56 Å². The van der Waals surface area contributed by atoms with Crippen molar-refractivity contribution in [3.05, 3.63) is 166 Å². The first-order valence-electron chi connectivity index (χ1n) is 16.3. The first kappa shape index (κ1) is 35.9. The van der Waals surface area contributed by atoms with Gasteiger partial charge in [0.05, 0.1) is 18.8 Å². The maximum absolute atomic E-state index is 14.1. The number of carbonyl (C=O) groups excluding carboxylic acids is 1. The number of aliphatic hydroxyl groups is 1. The van der Waals surface area contributed by atoms with Gasteiger partial charge in [0.15, 0.2) is 29.6 Å². The number of likely N-dealkylation sites (N-methyl/N-ethyl adjacent to an activating group) is 1. The van der Waals surface area contributed by atoms with Crippen molar-refractivity contribution in [3.63, 3.8) is 0 Å². The average molecular weight is 703 g/mol. The second kappa shape index (κ2) is 15.9. The zero-order chi connectivity index (χ0) is 36.1. The van der Waals surface area contributed by atoms with Gasteiger partial charge in [0.2, 0.25) is 5.82 Å². The highest BCUT2D eigenvalue weighted by Crippen LogP contribution is 2.39. The van der Waals surface area contributed by atoms with E-state index in [-0.39, 0.29) is 25.4 Å². The standard InChI is InChI=1S/C40H35F5N2O4/c1-47(21-24-6-3-2-4-7-24)22-31-19-32(28-12-10-25(23-48)11-13-28)51-40(50-31)29-16-14-27(15-17-29)30-9-5-8-26(18-30)20-46-39(49)33-34(41)36(43)38(45)37(44)35(33)42/h2-18,31-32,40,48H,19-23H2,1H3,(H,46,49)/t31-,32+,40+/m1/s1. The van der Waals surface area contributed by atoms with Gasteiger partial charge in [-0.25, -0.2) is 22.0 Å². The van der Waals surface area contributed by atoms with Crippen LogP contribution >= 0.6 is 0 Å². The lowest BCUT2D eigenvalue weighted by atomic mass is 9.99. The molecular formula is C40H35F5N2O4. The van der Waals surface area contributed by atoms with E-state index in [0.29, 0.717) is 18.5 Å². The van der Waals surface area contributed by atoms with Crippen LogP contribution < -0.4 is 5.32 Å². The number of rotatable bonds is 11. The van der Waals surface area contributed by atoms with Crippen LogP contribution in [-0.4, -0.2) is 35.6 Å². The topological polar surface area (TPSA) is 71.0 Å². The third-order valence-electron chi connectivity index (χ3n) is 8.76. The molecule has 0 aromatic heterocycles. The highest BCUT2D eigenvalue weighted by atomic mass is 19.2. The summed E-state index contributed by atoms with van der Waals surface area (Å²) >= 11 is 0. The van der Waals surface area contributed by atoms with E-state index in [1.807, 2.05) is 72.8 Å². The van der Waals surface area contributed by atoms with Crippen LogP contribution in [0.5, 0.6) is 0 Å². The molecule has 0 bridgehead atoms. The minimum absolute atomic E-state index is 0.0489. The normalized spacial score (nSPS) is 17.5. The number of ether oxygens (including phenoxy) is 2. The van der Waals surface area contributed by atoms with Gasteiger partial charge in [0.1, 0.15) is 5.56 Å². The van der Waals surface area contributed by atoms with Crippen LogP contribution in [0.4, 0.5) is 22.0 Å². The summed E-state index contributed by atoms with van der Waals surface area (Å²) in [5, 5.41) is 11.7. The molecule has 5 aromatic rings. The fraction of sp³-hybridized carbons (Fsp3) is 0.225. The number of nitrogens with one attached hydrogen (secondary N) is 1. The lowest BCUT2D eigenvalue weighted by molar-refractivity contribution is -0.252. The zero-order valence-corrected chi connectivity index (χ0v) is 27.6. The van der Waals surface area contributed by atoms with Crippen LogP contribution in [0.3, 0.4) is 0 Å². The molecule has 11 heteroatoms. The van der Waals surface area contributed by atoms with Gasteiger partial charge in [0, 0.05) is 31.6 Å². The Morgan fingerprint density at radius 3 is 2.02 bits per heavy atom. The molecule has 5 aromatic carbocycles. The molecule has 6 rings (SSSR count). The molecular weight excluding hydrogens is 667 g/mol. The maximum Gasteiger partial charge on any atom is 0.257 e. The van der Waals surface area contributed by atoms with Gasteiger partial charge in [-0.15, -0.1) is 0 Å². The van der Waals surface area contributed by atoms with Crippen LogP contribution in [0, 0.1) is 29.1 Å². The van der Waals surface area contributed by atoms with Gasteiger partial charge in [-0.05, 0) is 46.5 Å². The van der Waals surface area contributed by atoms with E-state index in [2.05, 4.69) is 29.4 Å². The Morgan fingerprint density at radius 2 is 1.35 bits per heavy atom. The summed E-state index contributed by atoms with van der Waals surface area (Å²) in [5.74, 6) is -12.5. The van der Waals surface area contributed by atoms with Crippen molar-refractivity contribution < 1.29 is 41.3 Å². The second-order valence-corrected chi connectivity index (χ2v) is 12.5. The van der Waals surface area contributed by atoms with Crippen LogP contribution in [0.15, 0.2) is 103 Å². The average Bonchev–Trinajstić information content (AvgIpc) is 3.16. The van der Waals surface area contributed by atoms with Gasteiger partial charge < -0.3 is 19.9 Å². The van der Waals surface area contributed by atoms with Crippen LogP contribution in [0.25, 0.3) is 11.1 Å². The van der Waals surface area contributed by atoms with Gasteiger partial charge in [0.25, 0.3) is 5.91 Å². The van der Waals surface area contributed by atoms with Crippen molar-refractivity contribution in [2.75, 3.05) is 13.6 Å². The lowest BCUT2D eigenvalue weighted by Crippen LogP contribution is -2.37. The second-order valence-electron chi connectivity index (χ2n) is 12.5. The molecule has 1 fully saturated rings. The molecule has 0 spiro atoms. The van der Waals surface area contributed by atoms with E-state index >= 15 is 0 Å². The molecule has 3 atom stereocenters. The Balaban J connectivity index is 1.16. The summed E-state index contributed by atoms with van der Waals surface area (Å²) < 4.78 is 81.9. The predicted octanol–water partition coefficient (Wildman–Crippen LogP) is 8.15. The summed E-state index contributed by atoms with van der Waals surface area (Å²) in [6.07, 6.45) is -0.409. The third kappa shape index (κ3) is 8.34. The number of carbonyl (C=O) groups is 1. The van der Waals surface area contributed by atoms with E-state index in [1.54, 1.807) is 18.2 Å². The molecule has 1 aliphatic rings. The van der Waals surface area contributed by atoms with Gasteiger partial charge in [-0.3, -0.25) is 9.69 Å². The summed E-state index contributed by atoms with van der Waals surface area (Å²) in [4.78, 5) is 14.7. The van der Waals surface area contributed by atoms with Crippen molar-refractivity contribution in [3.8, 4) is 11.1 Å². The van der Waals surface area contributed by atoms with E-state index in [0.717, 1.165) is 34.4 Å². The monoisotopic (exact) mass is 702 g/mol. The quantitative estimate of drug-likeness (QED) is 0.0827. The van der Waals surface area contributed by atoms with E-state index in [4.69, 9.17) is 9.47 Å². The first-order valence-corrected chi connectivity index (χ1v) is 16.3. The molecule has 264 valence electrons. The molecule has 51 heavy (non-hydrogen) atoms. The third-order valence-corrected chi connectivity index (χ3v) is 8.76. The lowest BCUT2D eigenvalue weighted by Gasteiger charge is -2.38. The highest BCUT2D eigenvalue weighted by molar-refractivity contribution is 5.94. The molecule has 0 saturated carbocycles. The van der Waals surface area contributed by atoms with Crippen molar-refractivity contribution in [1.29, 1.82) is 0 Å². The SMILES string of the molecule is CN(Cc1ccccc1)C[C@H]1C[C@@H](c2ccc(CO)cc2)O[C@@H](c2ccc(-c3cccc(CNC(=O)c4c(F)c(F)c(F)c(F)c4F)c3)cc2)O1. The molecule has 2 N–H and O–H groups in total. The van der Waals surface area contributed by atoms with Crippen LogP contribution in [0.1, 0.15) is 57.0 Å². The largest absolute Gasteiger partial charge is 0.392 e. The molecule has 1 aliphatic heterocycles. The Kier molecular flexibility index (Phi) is 11.2. The smallest absolute Gasteiger partial charge is 0.257 e. The van der Waals surface area contributed by atoms with Crippen LogP contribution in [0.2, 0.25) is 0 Å². The summed E-state index contributed by atoms with van der Waals surface area (Å²) in [7, 11) is 2.05. The summed E-state index contributed by atoms with van der Waals surface area (Å²) in [5.41, 5.74) is 4.36. The first-order chi connectivity index (χ1) is 24.6. The highest BCUT2D eigenvalue weighted by Gasteiger charge is 2.33. The molecule has 1 heterocycles. The number of amides is 1. The van der Waals surface area contributed by atoms with Crippen molar-refractivity contribution in [2.24, 2.45) is 0 Å². The Bertz CT molecular complexity index is 1950. The number of nitrogens with zero attached hydrogens (tertiary/aromatic N) is 1. The molecule has 0 radical (unpaired) electrons. The molecule has 0 aliphatic carbocycles. The fourth-order valence-electron chi connectivity index (χ4n) is 6.11. The van der Waals surface area contributed by atoms with Crippen molar-refractivity contribution in [1.82, 2.24) is 10.2 Å². The zero-order valence-electron chi connectivity index (χ0n) is 27.6. The molecule has 1 amide bonds. The predicted molar refractivity (Wildman–Crippen MR) is 180 cm³/mol. The fourth-order valence-corrected chi connectivity index (χ4v) is 6.11. The molecule has 6 nitrogen and oxygen atoms in total. The van der Waals surface area contributed by atoms with E-state index in [9.17, 15) is 31.9 Å². The summed E-state index contributed by atoms with van der Waals surface area (Å²) in [6, 6.07) is 32.4. The minimum Gasteiger partial charge on any atom is -0.392 e. The number of hydrogen-bond acceptors (Lipinski definition) is 5. The van der Waals surface area contributed by atoms with E-state index < -0.39 is 46.8 Å². The minimum atomic E-state index is -2.33. The number of aliphatic hydroxyl groups excluding tert-OH is 1. The van der Waals surface area contributed by atoms with Gasteiger partial charge >= 0.3 is 0 Å². The van der Waals surface area contributed by atoms with Crippen LogP contribution in [-0.2, 0) is 29.2 Å². The van der Waals surface area contributed by atoms with Gasteiger partial charge in [-0.1, -0.05) is 97.1 Å². The number of benzene rings is 5.